The normalized spacial score (nSPS) is 10.7. The van der Waals surface area contributed by atoms with E-state index in [4.69, 9.17) is 16.7 Å². The van der Waals surface area contributed by atoms with Gasteiger partial charge in [-0.25, -0.2) is 4.79 Å². The topological polar surface area (TPSA) is 37.3 Å². The van der Waals surface area contributed by atoms with Crippen LogP contribution in [0.3, 0.4) is 0 Å². The van der Waals surface area contributed by atoms with E-state index in [1.54, 1.807) is 6.07 Å². The second-order valence-corrected chi connectivity index (χ2v) is 4.35. The second-order valence-electron chi connectivity index (χ2n) is 3.06. The number of aryl methyl sites for hydroxylation is 1. The maximum Gasteiger partial charge on any atom is 0.335 e. The van der Waals surface area contributed by atoms with Gasteiger partial charge in [-0.05, 0) is 35.4 Å². The quantitative estimate of drug-likeness (QED) is 0.807. The maximum atomic E-state index is 10.8. The Morgan fingerprint density at radius 3 is 2.86 bits per heavy atom. The van der Waals surface area contributed by atoms with Crippen LogP contribution in [0, 0.1) is 6.92 Å². The third-order valence-corrected chi connectivity index (χ3v) is 3.63. The minimum atomic E-state index is -0.945. The Bertz CT molecular complexity index is 516. The van der Waals surface area contributed by atoms with Gasteiger partial charge in [0.1, 0.15) is 0 Å². The van der Waals surface area contributed by atoms with Crippen LogP contribution in [0.25, 0.3) is 10.1 Å². The molecule has 1 N–H and O–H groups in total. The predicted molar refractivity (Wildman–Crippen MR) is 58.5 cm³/mol. The summed E-state index contributed by atoms with van der Waals surface area (Å²) in [6.07, 6.45) is 0. The van der Waals surface area contributed by atoms with Crippen molar-refractivity contribution in [2.24, 2.45) is 0 Å². The molecule has 1 heterocycles. The fraction of sp³-hybridized carbons (Fsp3) is 0.100. The molecule has 1 aromatic heterocycles. The first-order valence-corrected chi connectivity index (χ1v) is 5.26. The molecule has 14 heavy (non-hydrogen) atoms. The highest BCUT2D eigenvalue weighted by atomic mass is 35.5. The molecule has 0 unspecified atom stereocenters. The third kappa shape index (κ3) is 1.38. The summed E-state index contributed by atoms with van der Waals surface area (Å²) in [5.74, 6) is -0.945. The van der Waals surface area contributed by atoms with Gasteiger partial charge in [0.25, 0.3) is 0 Å². The highest BCUT2D eigenvalue weighted by molar-refractivity contribution is 7.18. The molecule has 0 spiro atoms. The van der Waals surface area contributed by atoms with Crippen LogP contribution in [0.1, 0.15) is 15.9 Å². The summed E-state index contributed by atoms with van der Waals surface area (Å²) in [4.78, 5) is 10.8. The van der Waals surface area contributed by atoms with Gasteiger partial charge in [0.05, 0.1) is 15.3 Å². The number of fused-ring (bicyclic) bond motifs is 1. The number of hydrogen-bond donors (Lipinski definition) is 1. The molecule has 2 aromatic rings. The molecule has 2 rings (SSSR count). The smallest absolute Gasteiger partial charge is 0.335 e. The Morgan fingerprint density at radius 2 is 2.21 bits per heavy atom. The van der Waals surface area contributed by atoms with E-state index in [0.29, 0.717) is 5.02 Å². The molecule has 4 heteroatoms. The first kappa shape index (κ1) is 9.49. The van der Waals surface area contributed by atoms with Gasteiger partial charge in [-0.15, -0.1) is 11.3 Å². The van der Waals surface area contributed by atoms with Crippen LogP contribution in [0.4, 0.5) is 0 Å². The molecular weight excluding hydrogens is 220 g/mol. The lowest BCUT2D eigenvalue weighted by atomic mass is 10.1. The molecule has 72 valence electrons. The van der Waals surface area contributed by atoms with E-state index in [1.807, 2.05) is 12.3 Å². The molecule has 0 bridgehead atoms. The van der Waals surface area contributed by atoms with Crippen molar-refractivity contribution < 1.29 is 9.90 Å². The van der Waals surface area contributed by atoms with Crippen molar-refractivity contribution in [1.29, 1.82) is 0 Å². The SMILES string of the molecule is Cc1csc2c(Cl)cc(C(=O)O)cc12. The average Bonchev–Trinajstić information content (AvgIpc) is 2.48. The number of carbonyl (C=O) groups is 1. The first-order valence-electron chi connectivity index (χ1n) is 4.00. The molecular formula is C10H7ClO2S. The van der Waals surface area contributed by atoms with E-state index in [0.717, 1.165) is 15.6 Å². The largest absolute Gasteiger partial charge is 0.478 e. The number of halogens is 1. The van der Waals surface area contributed by atoms with Crippen molar-refractivity contribution in [2.45, 2.75) is 6.92 Å². The van der Waals surface area contributed by atoms with E-state index in [9.17, 15) is 4.79 Å². The predicted octanol–water partition coefficient (Wildman–Crippen LogP) is 3.56. The summed E-state index contributed by atoms with van der Waals surface area (Å²) in [6, 6.07) is 3.15. The van der Waals surface area contributed by atoms with Gasteiger partial charge in [0.2, 0.25) is 0 Å². The van der Waals surface area contributed by atoms with Gasteiger partial charge in [0, 0.05) is 0 Å². The van der Waals surface area contributed by atoms with E-state index in [2.05, 4.69) is 0 Å². The average molecular weight is 227 g/mol. The van der Waals surface area contributed by atoms with Gasteiger partial charge in [-0.3, -0.25) is 0 Å². The molecule has 0 radical (unpaired) electrons. The number of carboxylic acids is 1. The minimum absolute atomic E-state index is 0.240. The van der Waals surface area contributed by atoms with E-state index in [-0.39, 0.29) is 5.56 Å². The Labute approximate surface area is 89.7 Å². The number of aromatic carboxylic acids is 1. The summed E-state index contributed by atoms with van der Waals surface area (Å²) < 4.78 is 0.953. The lowest BCUT2D eigenvalue weighted by Gasteiger charge is -1.98. The van der Waals surface area contributed by atoms with E-state index >= 15 is 0 Å². The maximum absolute atomic E-state index is 10.8. The molecule has 0 aliphatic carbocycles. The fourth-order valence-corrected chi connectivity index (χ4v) is 2.63. The van der Waals surface area contributed by atoms with Crippen LogP contribution in [-0.4, -0.2) is 11.1 Å². The summed E-state index contributed by atoms with van der Waals surface area (Å²) in [7, 11) is 0. The molecule has 0 fully saturated rings. The van der Waals surface area contributed by atoms with Gasteiger partial charge >= 0.3 is 5.97 Å². The first-order chi connectivity index (χ1) is 6.59. The molecule has 2 nitrogen and oxygen atoms in total. The van der Waals surface area contributed by atoms with Crippen LogP contribution in [0.15, 0.2) is 17.5 Å². The summed E-state index contributed by atoms with van der Waals surface area (Å²) in [5, 5.41) is 12.3. The lowest BCUT2D eigenvalue weighted by molar-refractivity contribution is 0.0697. The highest BCUT2D eigenvalue weighted by Crippen LogP contribution is 2.32. The van der Waals surface area contributed by atoms with E-state index in [1.165, 1.54) is 17.4 Å². The summed E-state index contributed by atoms with van der Waals surface area (Å²) in [6.45, 7) is 1.95. The highest BCUT2D eigenvalue weighted by Gasteiger charge is 2.10. The van der Waals surface area contributed by atoms with E-state index < -0.39 is 5.97 Å². The zero-order valence-electron chi connectivity index (χ0n) is 7.37. The molecule has 0 amide bonds. The monoisotopic (exact) mass is 226 g/mol. The zero-order valence-corrected chi connectivity index (χ0v) is 8.95. The molecule has 1 aromatic carbocycles. The van der Waals surface area contributed by atoms with Crippen LogP contribution in [0.5, 0.6) is 0 Å². The van der Waals surface area contributed by atoms with Crippen LogP contribution >= 0.6 is 22.9 Å². The van der Waals surface area contributed by atoms with Crippen molar-refractivity contribution >= 4 is 39.0 Å². The number of rotatable bonds is 1. The van der Waals surface area contributed by atoms with Crippen LogP contribution in [-0.2, 0) is 0 Å². The molecule has 0 saturated heterocycles. The number of benzene rings is 1. The summed E-state index contributed by atoms with van der Waals surface area (Å²) in [5.41, 5.74) is 1.30. The second kappa shape index (κ2) is 3.26. The zero-order chi connectivity index (χ0) is 10.3. The number of carboxylic acid groups (broad SMARTS) is 1. The molecule has 0 atom stereocenters. The van der Waals surface area contributed by atoms with Crippen molar-refractivity contribution in [2.75, 3.05) is 0 Å². The van der Waals surface area contributed by atoms with Crippen molar-refractivity contribution in [1.82, 2.24) is 0 Å². The van der Waals surface area contributed by atoms with Gasteiger partial charge in [-0.2, -0.15) is 0 Å². The lowest BCUT2D eigenvalue weighted by Crippen LogP contribution is -1.95. The van der Waals surface area contributed by atoms with Crippen molar-refractivity contribution in [3.63, 3.8) is 0 Å². The standard InChI is InChI=1S/C10H7ClO2S/c1-5-4-14-9-7(5)2-6(10(12)13)3-8(9)11/h2-4H,1H3,(H,12,13). The minimum Gasteiger partial charge on any atom is -0.478 e. The van der Waals surface area contributed by atoms with Crippen LogP contribution in [0.2, 0.25) is 5.02 Å². The Hall–Kier alpha value is -1.06. The Balaban J connectivity index is 2.82. The van der Waals surface area contributed by atoms with Gasteiger partial charge < -0.3 is 5.11 Å². The molecule has 0 aliphatic rings. The van der Waals surface area contributed by atoms with Gasteiger partial charge in [0.15, 0.2) is 0 Å². The number of hydrogen-bond acceptors (Lipinski definition) is 2. The Kier molecular flexibility index (Phi) is 2.21. The van der Waals surface area contributed by atoms with Crippen LogP contribution < -0.4 is 0 Å². The Morgan fingerprint density at radius 1 is 1.50 bits per heavy atom. The molecule has 0 saturated carbocycles. The fourth-order valence-electron chi connectivity index (χ4n) is 1.34. The summed E-state index contributed by atoms with van der Waals surface area (Å²) >= 11 is 7.50. The molecule has 0 aliphatic heterocycles. The third-order valence-electron chi connectivity index (χ3n) is 2.07. The number of thiophene rings is 1. The van der Waals surface area contributed by atoms with Crippen molar-refractivity contribution in [3.8, 4) is 0 Å². The van der Waals surface area contributed by atoms with Gasteiger partial charge in [-0.1, -0.05) is 11.6 Å². The van der Waals surface area contributed by atoms with Crippen molar-refractivity contribution in [3.05, 3.63) is 33.7 Å².